The highest BCUT2D eigenvalue weighted by Gasteiger charge is 2.29. The number of nitrogens with one attached hydrogen (secondary N) is 1. The molecule has 0 radical (unpaired) electrons. The second kappa shape index (κ2) is 10.8. The van der Waals surface area contributed by atoms with Crippen molar-refractivity contribution in [2.24, 2.45) is 0 Å². The fourth-order valence-corrected chi connectivity index (χ4v) is 3.46. The predicted molar refractivity (Wildman–Crippen MR) is 117 cm³/mol. The number of piperazine rings is 1. The number of anilines is 2. The Bertz CT molecular complexity index is 810. The molecule has 0 bridgehead atoms. The molecule has 0 saturated carbocycles. The third kappa shape index (κ3) is 6.11. The largest absolute Gasteiger partial charge is 0.379 e. The standard InChI is InChI=1S/C21H30N6O3/c1-17(2)30-14-6-9-22-20-19(27(28)29)21(24-16-23-20)26-12-10-25(11-13-26)15-18-7-4-3-5-8-18/h3-5,7-8,16-17H,6,9-15H2,1-2H3,(H,22,23,24). The van der Waals surface area contributed by atoms with Crippen LogP contribution in [0.2, 0.25) is 0 Å². The Morgan fingerprint density at radius 2 is 1.90 bits per heavy atom. The molecule has 3 rings (SSSR count). The van der Waals surface area contributed by atoms with Crippen LogP contribution in [0.25, 0.3) is 0 Å². The Morgan fingerprint density at radius 1 is 1.17 bits per heavy atom. The van der Waals surface area contributed by atoms with Crippen LogP contribution in [0.4, 0.5) is 17.3 Å². The molecular weight excluding hydrogens is 384 g/mol. The van der Waals surface area contributed by atoms with Crippen molar-refractivity contribution in [2.75, 3.05) is 49.5 Å². The van der Waals surface area contributed by atoms with Crippen LogP contribution in [-0.4, -0.2) is 65.2 Å². The summed E-state index contributed by atoms with van der Waals surface area (Å²) in [5.74, 6) is 0.650. The van der Waals surface area contributed by atoms with Gasteiger partial charge in [-0.3, -0.25) is 15.0 Å². The second-order valence-corrected chi connectivity index (χ2v) is 7.60. The van der Waals surface area contributed by atoms with Crippen LogP contribution < -0.4 is 10.2 Å². The van der Waals surface area contributed by atoms with E-state index in [2.05, 4.69) is 32.3 Å². The topological polar surface area (TPSA) is 96.7 Å². The Morgan fingerprint density at radius 3 is 2.57 bits per heavy atom. The summed E-state index contributed by atoms with van der Waals surface area (Å²) in [4.78, 5) is 24.1. The lowest BCUT2D eigenvalue weighted by molar-refractivity contribution is -0.383. The predicted octanol–water partition coefficient (Wildman–Crippen LogP) is 2.93. The van der Waals surface area contributed by atoms with Gasteiger partial charge in [0.25, 0.3) is 0 Å². The van der Waals surface area contributed by atoms with E-state index < -0.39 is 4.92 Å². The lowest BCUT2D eigenvalue weighted by Crippen LogP contribution is -2.46. The Balaban J connectivity index is 1.60. The highest BCUT2D eigenvalue weighted by molar-refractivity contribution is 5.70. The number of hydrogen-bond acceptors (Lipinski definition) is 8. The van der Waals surface area contributed by atoms with Crippen molar-refractivity contribution in [1.82, 2.24) is 14.9 Å². The molecule has 1 aliphatic heterocycles. The minimum absolute atomic E-state index is 0.0567. The molecule has 1 saturated heterocycles. The maximum absolute atomic E-state index is 11.8. The molecule has 0 unspecified atom stereocenters. The summed E-state index contributed by atoms with van der Waals surface area (Å²) in [5, 5.41) is 14.9. The first-order valence-electron chi connectivity index (χ1n) is 10.4. The monoisotopic (exact) mass is 414 g/mol. The van der Waals surface area contributed by atoms with E-state index in [1.54, 1.807) is 0 Å². The van der Waals surface area contributed by atoms with Crippen LogP contribution >= 0.6 is 0 Å². The van der Waals surface area contributed by atoms with E-state index in [1.807, 2.05) is 36.9 Å². The maximum Gasteiger partial charge on any atom is 0.353 e. The molecule has 2 aromatic rings. The van der Waals surface area contributed by atoms with E-state index >= 15 is 0 Å². The summed E-state index contributed by atoms with van der Waals surface area (Å²) >= 11 is 0. The zero-order chi connectivity index (χ0) is 21.3. The molecule has 0 atom stereocenters. The quantitative estimate of drug-likeness (QED) is 0.360. The third-order valence-electron chi connectivity index (χ3n) is 4.97. The number of hydrogen-bond donors (Lipinski definition) is 1. The van der Waals surface area contributed by atoms with Crippen LogP contribution in [0.5, 0.6) is 0 Å². The normalized spacial score (nSPS) is 14.8. The van der Waals surface area contributed by atoms with Crippen molar-refractivity contribution in [3.8, 4) is 0 Å². The fraction of sp³-hybridized carbons (Fsp3) is 0.524. The van der Waals surface area contributed by atoms with Crippen molar-refractivity contribution in [3.05, 3.63) is 52.3 Å². The molecule has 2 heterocycles. The summed E-state index contributed by atoms with van der Waals surface area (Å²) in [6.45, 7) is 9.01. The fourth-order valence-electron chi connectivity index (χ4n) is 3.46. The molecule has 1 fully saturated rings. The molecule has 1 aromatic carbocycles. The van der Waals surface area contributed by atoms with E-state index in [9.17, 15) is 10.1 Å². The van der Waals surface area contributed by atoms with Crippen molar-refractivity contribution in [2.45, 2.75) is 32.9 Å². The Labute approximate surface area is 177 Å². The highest BCUT2D eigenvalue weighted by atomic mass is 16.6. The minimum atomic E-state index is -0.390. The lowest BCUT2D eigenvalue weighted by Gasteiger charge is -2.35. The molecule has 1 aliphatic rings. The SMILES string of the molecule is CC(C)OCCCNc1ncnc(N2CCN(Cc3ccccc3)CC2)c1[N+](=O)[O-]. The summed E-state index contributed by atoms with van der Waals surface area (Å²) < 4.78 is 5.51. The molecule has 1 N–H and O–H groups in total. The average Bonchev–Trinajstić information content (AvgIpc) is 2.74. The second-order valence-electron chi connectivity index (χ2n) is 7.60. The number of nitro groups is 1. The van der Waals surface area contributed by atoms with Gasteiger partial charge < -0.3 is 15.0 Å². The van der Waals surface area contributed by atoms with E-state index in [1.165, 1.54) is 11.9 Å². The van der Waals surface area contributed by atoms with E-state index in [-0.39, 0.29) is 17.6 Å². The van der Waals surface area contributed by atoms with E-state index in [4.69, 9.17) is 4.74 Å². The number of aromatic nitrogens is 2. The van der Waals surface area contributed by atoms with Gasteiger partial charge in [-0.2, -0.15) is 0 Å². The van der Waals surface area contributed by atoms with Gasteiger partial charge in [-0.05, 0) is 25.8 Å². The summed E-state index contributed by atoms with van der Waals surface area (Å²) in [6, 6.07) is 10.3. The molecule has 0 aliphatic carbocycles. The van der Waals surface area contributed by atoms with Crippen LogP contribution in [-0.2, 0) is 11.3 Å². The number of nitrogens with zero attached hydrogens (tertiary/aromatic N) is 5. The number of benzene rings is 1. The van der Waals surface area contributed by atoms with Gasteiger partial charge in [0.2, 0.25) is 11.6 Å². The van der Waals surface area contributed by atoms with Gasteiger partial charge >= 0.3 is 5.69 Å². The van der Waals surface area contributed by atoms with Gasteiger partial charge in [-0.25, -0.2) is 9.97 Å². The molecular formula is C21H30N6O3. The van der Waals surface area contributed by atoms with Crippen molar-refractivity contribution in [3.63, 3.8) is 0 Å². The molecule has 0 spiro atoms. The zero-order valence-electron chi connectivity index (χ0n) is 17.7. The molecule has 9 nitrogen and oxygen atoms in total. The van der Waals surface area contributed by atoms with Gasteiger partial charge in [0.15, 0.2) is 0 Å². The van der Waals surface area contributed by atoms with Gasteiger partial charge in [0.05, 0.1) is 11.0 Å². The molecule has 0 amide bonds. The van der Waals surface area contributed by atoms with Crippen LogP contribution in [0, 0.1) is 10.1 Å². The van der Waals surface area contributed by atoms with Crippen LogP contribution in [0.3, 0.4) is 0 Å². The zero-order valence-corrected chi connectivity index (χ0v) is 17.7. The van der Waals surface area contributed by atoms with Crippen LogP contribution in [0.15, 0.2) is 36.7 Å². The van der Waals surface area contributed by atoms with E-state index in [0.717, 1.165) is 26.1 Å². The summed E-state index contributed by atoms with van der Waals surface area (Å²) in [7, 11) is 0. The molecule has 30 heavy (non-hydrogen) atoms. The molecule has 162 valence electrons. The van der Waals surface area contributed by atoms with Gasteiger partial charge in [-0.15, -0.1) is 0 Å². The number of ether oxygens (including phenoxy) is 1. The van der Waals surface area contributed by atoms with Crippen LogP contribution in [0.1, 0.15) is 25.8 Å². The van der Waals surface area contributed by atoms with Crippen molar-refractivity contribution >= 4 is 17.3 Å². The smallest absolute Gasteiger partial charge is 0.353 e. The summed E-state index contributed by atoms with van der Waals surface area (Å²) in [6.07, 6.45) is 2.31. The van der Waals surface area contributed by atoms with Gasteiger partial charge in [-0.1, -0.05) is 30.3 Å². The first kappa shape index (κ1) is 21.9. The lowest BCUT2D eigenvalue weighted by atomic mass is 10.2. The first-order chi connectivity index (χ1) is 14.5. The Kier molecular flexibility index (Phi) is 7.92. The van der Waals surface area contributed by atoms with E-state index in [0.29, 0.717) is 32.1 Å². The van der Waals surface area contributed by atoms with Crippen molar-refractivity contribution < 1.29 is 9.66 Å². The Hall–Kier alpha value is -2.78. The van der Waals surface area contributed by atoms with Gasteiger partial charge in [0.1, 0.15) is 6.33 Å². The third-order valence-corrected chi connectivity index (χ3v) is 4.97. The highest BCUT2D eigenvalue weighted by Crippen LogP contribution is 2.32. The first-order valence-corrected chi connectivity index (χ1v) is 10.4. The molecule has 9 heteroatoms. The average molecular weight is 415 g/mol. The summed E-state index contributed by atoms with van der Waals surface area (Å²) in [5.41, 5.74) is 1.21. The number of rotatable bonds is 10. The minimum Gasteiger partial charge on any atom is -0.379 e. The molecule has 1 aromatic heterocycles. The van der Waals surface area contributed by atoms with Gasteiger partial charge in [0, 0.05) is 45.9 Å². The maximum atomic E-state index is 11.8. The van der Waals surface area contributed by atoms with Crippen molar-refractivity contribution in [1.29, 1.82) is 0 Å².